The Morgan fingerprint density at radius 3 is 2.00 bits per heavy atom. The summed E-state index contributed by atoms with van der Waals surface area (Å²) < 4.78 is 0. The van der Waals surface area contributed by atoms with Crippen LogP contribution in [0.2, 0.25) is 5.02 Å². The molecule has 0 radical (unpaired) electrons. The molecule has 0 bridgehead atoms. The largest absolute Gasteiger partial charge is 0.339 e. The molecule has 4 rings (SSSR count). The molecule has 0 N–H and O–H groups in total. The molecular weight excluding hydrogens is 384 g/mol. The van der Waals surface area contributed by atoms with Crippen LogP contribution in [-0.2, 0) is 16.1 Å². The summed E-state index contributed by atoms with van der Waals surface area (Å²) in [7, 11) is 1.81. The lowest BCUT2D eigenvalue weighted by molar-refractivity contribution is -0.137. The van der Waals surface area contributed by atoms with Gasteiger partial charge < -0.3 is 4.90 Å². The summed E-state index contributed by atoms with van der Waals surface area (Å²) in [5.74, 6) is -0.607. The van der Waals surface area contributed by atoms with E-state index in [-0.39, 0.29) is 18.4 Å². The maximum Gasteiger partial charge on any atom is 0.278 e. The first-order valence-corrected chi connectivity index (χ1v) is 9.63. The molecule has 1 heterocycles. The average Bonchev–Trinajstić information content (AvgIpc) is 3.00. The lowest BCUT2D eigenvalue weighted by Gasteiger charge is -2.21. The molecule has 29 heavy (non-hydrogen) atoms. The maximum absolute atomic E-state index is 13.4. The molecular formula is C24H19ClN2O2. The Kier molecular flexibility index (Phi) is 5.19. The van der Waals surface area contributed by atoms with Crippen LogP contribution in [0.1, 0.15) is 11.1 Å². The minimum Gasteiger partial charge on any atom is -0.339 e. The van der Waals surface area contributed by atoms with Gasteiger partial charge in [0.2, 0.25) is 0 Å². The first kappa shape index (κ1) is 19.0. The van der Waals surface area contributed by atoms with Crippen molar-refractivity contribution in [2.24, 2.45) is 0 Å². The van der Waals surface area contributed by atoms with Gasteiger partial charge >= 0.3 is 0 Å². The van der Waals surface area contributed by atoms with E-state index in [0.29, 0.717) is 16.3 Å². The molecule has 0 saturated carbocycles. The van der Waals surface area contributed by atoms with E-state index >= 15 is 0 Å². The zero-order valence-electron chi connectivity index (χ0n) is 15.9. The van der Waals surface area contributed by atoms with Gasteiger partial charge in [0.05, 0.1) is 12.1 Å². The third-order valence-corrected chi connectivity index (χ3v) is 5.19. The molecule has 0 saturated heterocycles. The highest BCUT2D eigenvalue weighted by Crippen LogP contribution is 2.34. The van der Waals surface area contributed by atoms with Crippen LogP contribution in [-0.4, -0.2) is 23.8 Å². The van der Waals surface area contributed by atoms with Crippen molar-refractivity contribution in [2.75, 3.05) is 11.9 Å². The van der Waals surface area contributed by atoms with Gasteiger partial charge in [0.25, 0.3) is 11.8 Å². The first-order chi connectivity index (χ1) is 14.1. The molecule has 0 fully saturated rings. The predicted octanol–water partition coefficient (Wildman–Crippen LogP) is 4.76. The molecule has 144 valence electrons. The lowest BCUT2D eigenvalue weighted by Crippen LogP contribution is -2.33. The van der Waals surface area contributed by atoms with E-state index < -0.39 is 0 Å². The second-order valence-electron chi connectivity index (χ2n) is 6.81. The molecule has 1 aliphatic heterocycles. The summed E-state index contributed by atoms with van der Waals surface area (Å²) >= 11 is 5.96. The SMILES string of the molecule is CN(C1=C(c2ccccc2)C(=O)N(Cc2ccc(Cl)cc2)C1=O)c1ccccc1. The Hall–Kier alpha value is -3.37. The molecule has 0 aliphatic carbocycles. The summed E-state index contributed by atoms with van der Waals surface area (Å²) in [6.45, 7) is 0.192. The second kappa shape index (κ2) is 7.94. The van der Waals surface area contributed by atoms with E-state index in [2.05, 4.69) is 0 Å². The standard InChI is InChI=1S/C24H19ClN2O2/c1-26(20-10-6-3-7-11-20)22-21(18-8-4-2-5-9-18)23(28)27(24(22)29)16-17-12-14-19(25)15-13-17/h2-15H,16H2,1H3. The van der Waals surface area contributed by atoms with Gasteiger partial charge in [-0.1, -0.05) is 72.3 Å². The van der Waals surface area contributed by atoms with Crippen molar-refractivity contribution in [3.63, 3.8) is 0 Å². The highest BCUT2D eigenvalue weighted by atomic mass is 35.5. The van der Waals surface area contributed by atoms with Gasteiger partial charge in [-0.05, 0) is 35.4 Å². The summed E-state index contributed by atoms with van der Waals surface area (Å²) in [4.78, 5) is 29.8. The molecule has 0 unspecified atom stereocenters. The Balaban J connectivity index is 1.77. The zero-order chi connectivity index (χ0) is 20.4. The summed E-state index contributed by atoms with van der Waals surface area (Å²) in [5.41, 5.74) is 3.19. The van der Waals surface area contributed by atoms with Crippen molar-refractivity contribution in [2.45, 2.75) is 6.54 Å². The number of hydrogen-bond donors (Lipinski definition) is 0. The Morgan fingerprint density at radius 1 is 0.793 bits per heavy atom. The van der Waals surface area contributed by atoms with Crippen LogP contribution < -0.4 is 4.90 Å². The van der Waals surface area contributed by atoms with Gasteiger partial charge in [-0.3, -0.25) is 14.5 Å². The number of nitrogens with zero attached hydrogens (tertiary/aromatic N) is 2. The number of hydrogen-bond acceptors (Lipinski definition) is 3. The summed E-state index contributed by atoms with van der Waals surface area (Å²) in [6, 6.07) is 26.0. The van der Waals surface area contributed by atoms with Crippen molar-refractivity contribution in [1.29, 1.82) is 0 Å². The fourth-order valence-electron chi connectivity index (χ4n) is 3.44. The van der Waals surface area contributed by atoms with Crippen LogP contribution in [0.4, 0.5) is 5.69 Å². The van der Waals surface area contributed by atoms with Crippen LogP contribution in [0.5, 0.6) is 0 Å². The summed E-state index contributed by atoms with van der Waals surface area (Å²) in [5, 5.41) is 0.612. The van der Waals surface area contributed by atoms with Crippen LogP contribution in [0.3, 0.4) is 0 Å². The maximum atomic E-state index is 13.4. The fourth-order valence-corrected chi connectivity index (χ4v) is 3.56. The average molecular weight is 403 g/mol. The Labute approximate surface area is 174 Å². The van der Waals surface area contributed by atoms with Gasteiger partial charge in [-0.25, -0.2) is 0 Å². The van der Waals surface area contributed by atoms with Gasteiger partial charge in [-0.15, -0.1) is 0 Å². The number of anilines is 1. The number of likely N-dealkylation sites (N-methyl/N-ethyl adjacent to an activating group) is 1. The molecule has 0 spiro atoms. The third-order valence-electron chi connectivity index (χ3n) is 4.94. The van der Waals surface area contributed by atoms with Crippen LogP contribution in [0.15, 0.2) is 90.6 Å². The van der Waals surface area contributed by atoms with Crippen LogP contribution in [0, 0.1) is 0 Å². The van der Waals surface area contributed by atoms with E-state index in [0.717, 1.165) is 16.8 Å². The molecule has 5 heteroatoms. The number of carbonyl (C=O) groups is 2. The van der Waals surface area contributed by atoms with E-state index in [1.165, 1.54) is 4.90 Å². The van der Waals surface area contributed by atoms with Crippen molar-refractivity contribution < 1.29 is 9.59 Å². The number of halogens is 1. The van der Waals surface area contributed by atoms with Crippen molar-refractivity contribution in [1.82, 2.24) is 4.90 Å². The minimum absolute atomic E-state index is 0.192. The number of amides is 2. The highest BCUT2D eigenvalue weighted by molar-refractivity contribution is 6.36. The van der Waals surface area contributed by atoms with E-state index in [9.17, 15) is 9.59 Å². The molecule has 0 atom stereocenters. The Morgan fingerprint density at radius 2 is 1.38 bits per heavy atom. The van der Waals surface area contributed by atoms with Gasteiger partial charge in [-0.2, -0.15) is 0 Å². The lowest BCUT2D eigenvalue weighted by atomic mass is 10.0. The minimum atomic E-state index is -0.310. The number of para-hydroxylation sites is 1. The monoisotopic (exact) mass is 402 g/mol. The molecule has 1 aliphatic rings. The van der Waals surface area contributed by atoms with Crippen LogP contribution >= 0.6 is 11.6 Å². The number of benzene rings is 3. The number of carbonyl (C=O) groups excluding carboxylic acids is 2. The van der Waals surface area contributed by atoms with Crippen molar-refractivity contribution >= 4 is 34.7 Å². The van der Waals surface area contributed by atoms with Crippen molar-refractivity contribution in [3.05, 3.63) is 107 Å². The van der Waals surface area contributed by atoms with E-state index in [1.807, 2.05) is 79.8 Å². The number of imide groups is 1. The van der Waals surface area contributed by atoms with Crippen LogP contribution in [0.25, 0.3) is 5.57 Å². The van der Waals surface area contributed by atoms with Crippen molar-refractivity contribution in [3.8, 4) is 0 Å². The Bertz CT molecular complexity index is 1080. The zero-order valence-corrected chi connectivity index (χ0v) is 16.6. The second-order valence-corrected chi connectivity index (χ2v) is 7.24. The molecule has 3 aromatic rings. The highest BCUT2D eigenvalue weighted by Gasteiger charge is 2.41. The first-order valence-electron chi connectivity index (χ1n) is 9.25. The molecule has 0 aromatic heterocycles. The van der Waals surface area contributed by atoms with Gasteiger partial charge in [0.1, 0.15) is 5.70 Å². The van der Waals surface area contributed by atoms with Gasteiger partial charge in [0.15, 0.2) is 0 Å². The van der Waals surface area contributed by atoms with Gasteiger partial charge in [0, 0.05) is 17.8 Å². The molecule has 4 nitrogen and oxygen atoms in total. The number of rotatable bonds is 5. The smallest absolute Gasteiger partial charge is 0.278 e. The topological polar surface area (TPSA) is 40.6 Å². The normalized spacial score (nSPS) is 13.9. The fraction of sp³-hybridized carbons (Fsp3) is 0.0833. The molecule has 2 amide bonds. The van der Waals surface area contributed by atoms with E-state index in [4.69, 9.17) is 11.6 Å². The molecule has 3 aromatic carbocycles. The third kappa shape index (κ3) is 3.67. The quantitative estimate of drug-likeness (QED) is 0.578. The van der Waals surface area contributed by atoms with E-state index in [1.54, 1.807) is 17.0 Å². The summed E-state index contributed by atoms with van der Waals surface area (Å²) in [6.07, 6.45) is 0. The predicted molar refractivity (Wildman–Crippen MR) is 115 cm³/mol.